The number of nitrogens with two attached hydrogens (primary N) is 1. The van der Waals surface area contributed by atoms with Crippen LogP contribution >= 0.6 is 12.0 Å². The Balaban J connectivity index is 1.62. The second-order valence-corrected chi connectivity index (χ2v) is 6.25. The molecule has 1 aliphatic heterocycles. The summed E-state index contributed by atoms with van der Waals surface area (Å²) in [5, 5.41) is 0. The van der Waals surface area contributed by atoms with Gasteiger partial charge in [-0.25, -0.2) is 8.78 Å². The van der Waals surface area contributed by atoms with Gasteiger partial charge in [0.25, 0.3) is 0 Å². The van der Waals surface area contributed by atoms with E-state index in [0.717, 1.165) is 29.7 Å². The second kappa shape index (κ2) is 7.14. The first-order valence-corrected chi connectivity index (χ1v) is 8.37. The van der Waals surface area contributed by atoms with Gasteiger partial charge in [-0.1, -0.05) is 35.9 Å². The van der Waals surface area contributed by atoms with Gasteiger partial charge in [0, 0.05) is 5.56 Å². The summed E-state index contributed by atoms with van der Waals surface area (Å²) in [6.45, 7) is 1.94. The molecule has 0 aromatic heterocycles. The number of halogens is 2. The predicted molar refractivity (Wildman–Crippen MR) is 90.0 cm³/mol. The standard InChI is InChI=1S/C18H15F2NO3S/c1-10-2-5-12(6-3-10)16-15(22)17(18(21)23-16)24-25-9-11-4-7-13(19)14(20)8-11/h2-8,16H,9,21H2,1H3. The van der Waals surface area contributed by atoms with Crippen molar-refractivity contribution in [1.82, 2.24) is 0 Å². The molecule has 25 heavy (non-hydrogen) atoms. The van der Waals surface area contributed by atoms with E-state index in [-0.39, 0.29) is 23.2 Å². The van der Waals surface area contributed by atoms with E-state index in [9.17, 15) is 13.6 Å². The quantitative estimate of drug-likeness (QED) is 0.816. The summed E-state index contributed by atoms with van der Waals surface area (Å²) >= 11 is 0.898. The molecule has 0 fully saturated rings. The van der Waals surface area contributed by atoms with Crippen molar-refractivity contribution >= 4 is 17.8 Å². The van der Waals surface area contributed by atoms with Crippen molar-refractivity contribution < 1.29 is 22.5 Å². The van der Waals surface area contributed by atoms with Crippen LogP contribution in [0.4, 0.5) is 8.78 Å². The maximum absolute atomic E-state index is 13.2. The number of carbonyl (C=O) groups is 1. The Hall–Kier alpha value is -2.54. The van der Waals surface area contributed by atoms with E-state index in [2.05, 4.69) is 0 Å². The van der Waals surface area contributed by atoms with Crippen molar-refractivity contribution in [2.75, 3.05) is 0 Å². The van der Waals surface area contributed by atoms with Crippen LogP contribution in [0, 0.1) is 18.6 Å². The highest BCUT2D eigenvalue weighted by Gasteiger charge is 2.37. The number of benzene rings is 2. The third-order valence-electron chi connectivity index (χ3n) is 3.66. The molecule has 1 unspecified atom stereocenters. The molecule has 3 rings (SSSR count). The van der Waals surface area contributed by atoms with E-state index in [0.29, 0.717) is 11.1 Å². The van der Waals surface area contributed by atoms with Gasteiger partial charge >= 0.3 is 0 Å². The summed E-state index contributed by atoms with van der Waals surface area (Å²) in [7, 11) is 0. The predicted octanol–water partition coefficient (Wildman–Crippen LogP) is 3.91. The van der Waals surface area contributed by atoms with Crippen LogP contribution in [0.5, 0.6) is 0 Å². The van der Waals surface area contributed by atoms with Gasteiger partial charge < -0.3 is 14.7 Å². The number of ketones is 1. The summed E-state index contributed by atoms with van der Waals surface area (Å²) in [4.78, 5) is 12.4. The second-order valence-electron chi connectivity index (χ2n) is 5.56. The molecule has 0 aliphatic carbocycles. The minimum Gasteiger partial charge on any atom is -0.460 e. The summed E-state index contributed by atoms with van der Waals surface area (Å²) < 4.78 is 36.8. The lowest BCUT2D eigenvalue weighted by Crippen LogP contribution is -2.10. The maximum atomic E-state index is 13.2. The Morgan fingerprint density at radius 3 is 2.56 bits per heavy atom. The molecule has 4 nitrogen and oxygen atoms in total. The number of ether oxygens (including phenoxy) is 1. The van der Waals surface area contributed by atoms with Crippen LogP contribution in [0.25, 0.3) is 0 Å². The third kappa shape index (κ3) is 3.76. The number of Topliss-reactive ketones (excluding diaryl/α,β-unsaturated/α-hetero) is 1. The zero-order valence-electron chi connectivity index (χ0n) is 13.3. The number of aryl methyl sites for hydroxylation is 1. The highest BCUT2D eigenvalue weighted by molar-refractivity contribution is 7.94. The van der Waals surface area contributed by atoms with E-state index in [1.54, 1.807) is 12.1 Å². The normalized spacial score (nSPS) is 16.9. The van der Waals surface area contributed by atoms with E-state index in [4.69, 9.17) is 14.7 Å². The molecule has 2 aromatic carbocycles. The van der Waals surface area contributed by atoms with Gasteiger partial charge in [0.1, 0.15) is 0 Å². The van der Waals surface area contributed by atoms with Crippen molar-refractivity contribution in [3.63, 3.8) is 0 Å². The lowest BCUT2D eigenvalue weighted by atomic mass is 10.0. The molecule has 0 spiro atoms. The molecular formula is C18H15F2NO3S. The Kier molecular flexibility index (Phi) is 4.94. The Morgan fingerprint density at radius 2 is 1.88 bits per heavy atom. The zero-order chi connectivity index (χ0) is 18.0. The molecule has 2 N–H and O–H groups in total. The van der Waals surface area contributed by atoms with Crippen molar-refractivity contribution in [1.29, 1.82) is 0 Å². The molecule has 1 heterocycles. The SMILES string of the molecule is Cc1ccc(C2OC(N)=C(OSCc3ccc(F)c(F)c3)C2=O)cc1. The van der Waals surface area contributed by atoms with Gasteiger partial charge in [-0.15, -0.1) is 0 Å². The van der Waals surface area contributed by atoms with E-state index < -0.39 is 17.7 Å². The maximum Gasteiger partial charge on any atom is 0.249 e. The molecule has 1 atom stereocenters. The van der Waals surface area contributed by atoms with E-state index in [1.807, 2.05) is 19.1 Å². The topological polar surface area (TPSA) is 61.6 Å². The summed E-state index contributed by atoms with van der Waals surface area (Å²) in [6, 6.07) is 10.9. The fourth-order valence-electron chi connectivity index (χ4n) is 2.30. The van der Waals surface area contributed by atoms with Gasteiger partial charge in [-0.3, -0.25) is 4.79 Å². The monoisotopic (exact) mass is 363 g/mol. The lowest BCUT2D eigenvalue weighted by Gasteiger charge is -2.10. The summed E-state index contributed by atoms with van der Waals surface area (Å²) in [6.07, 6.45) is -0.834. The average Bonchev–Trinajstić information content (AvgIpc) is 2.87. The highest BCUT2D eigenvalue weighted by Crippen LogP contribution is 2.34. The summed E-state index contributed by atoms with van der Waals surface area (Å²) in [5.74, 6) is -2.17. The molecule has 0 saturated carbocycles. The number of hydrogen-bond donors (Lipinski definition) is 1. The van der Waals surface area contributed by atoms with Crippen LogP contribution in [-0.4, -0.2) is 5.78 Å². The minimum absolute atomic E-state index is 0.0711. The molecule has 0 saturated heterocycles. The van der Waals surface area contributed by atoms with Gasteiger partial charge in [0.05, 0.1) is 17.8 Å². The molecule has 1 aliphatic rings. The third-order valence-corrected chi connectivity index (χ3v) is 4.40. The number of rotatable bonds is 5. The summed E-state index contributed by atoms with van der Waals surface area (Å²) in [5.41, 5.74) is 8.00. The van der Waals surface area contributed by atoms with Crippen molar-refractivity contribution in [2.24, 2.45) is 5.73 Å². The molecule has 2 aromatic rings. The van der Waals surface area contributed by atoms with Gasteiger partial charge in [0.2, 0.25) is 17.4 Å². The van der Waals surface area contributed by atoms with E-state index in [1.165, 1.54) is 6.07 Å². The van der Waals surface area contributed by atoms with Crippen LogP contribution in [0.3, 0.4) is 0 Å². The highest BCUT2D eigenvalue weighted by atomic mass is 32.2. The van der Waals surface area contributed by atoms with Crippen LogP contribution in [0.15, 0.2) is 54.1 Å². The molecule has 0 radical (unpaired) electrons. The van der Waals surface area contributed by atoms with Crippen molar-refractivity contribution in [2.45, 2.75) is 18.8 Å². The van der Waals surface area contributed by atoms with Gasteiger partial charge in [-0.05, 0) is 24.6 Å². The lowest BCUT2D eigenvalue weighted by molar-refractivity contribution is -0.122. The zero-order valence-corrected chi connectivity index (χ0v) is 14.1. The molecular weight excluding hydrogens is 348 g/mol. The number of carbonyl (C=O) groups excluding carboxylic acids is 1. The molecule has 130 valence electrons. The van der Waals surface area contributed by atoms with Crippen LogP contribution in [0.2, 0.25) is 0 Å². The van der Waals surface area contributed by atoms with Crippen LogP contribution < -0.4 is 5.73 Å². The van der Waals surface area contributed by atoms with Crippen LogP contribution in [-0.2, 0) is 19.5 Å². The van der Waals surface area contributed by atoms with Gasteiger partial charge in [-0.2, -0.15) is 0 Å². The van der Waals surface area contributed by atoms with Crippen LogP contribution in [0.1, 0.15) is 22.8 Å². The number of hydrogen-bond acceptors (Lipinski definition) is 5. The fourth-order valence-corrected chi connectivity index (χ4v) is 2.96. The molecule has 7 heteroatoms. The average molecular weight is 363 g/mol. The van der Waals surface area contributed by atoms with Crippen molar-refractivity contribution in [3.05, 3.63) is 82.4 Å². The largest absolute Gasteiger partial charge is 0.460 e. The molecule has 0 bridgehead atoms. The Morgan fingerprint density at radius 1 is 1.16 bits per heavy atom. The first-order valence-electron chi connectivity index (χ1n) is 7.46. The van der Waals surface area contributed by atoms with E-state index >= 15 is 0 Å². The van der Waals surface area contributed by atoms with Crippen molar-refractivity contribution in [3.8, 4) is 0 Å². The first-order chi connectivity index (χ1) is 12.0. The molecule has 0 amide bonds. The smallest absolute Gasteiger partial charge is 0.249 e. The first kappa shape index (κ1) is 17.3. The minimum atomic E-state index is -0.934. The van der Waals surface area contributed by atoms with Gasteiger partial charge in [0.15, 0.2) is 17.7 Å². The fraction of sp³-hybridized carbons (Fsp3) is 0.167. The Labute approximate surface area is 147 Å². The Bertz CT molecular complexity index is 837.